The van der Waals surface area contributed by atoms with Crippen molar-refractivity contribution < 1.29 is 28.5 Å². The molecule has 2 aromatic heterocycles. The second-order valence-electron chi connectivity index (χ2n) is 9.12. The molecule has 0 bridgehead atoms. The van der Waals surface area contributed by atoms with Gasteiger partial charge in [0.2, 0.25) is 0 Å². The fourth-order valence-electron chi connectivity index (χ4n) is 4.22. The molecule has 0 aliphatic heterocycles. The topological polar surface area (TPSA) is 79.2 Å². The number of ether oxygens (including phenoxy) is 4. The Morgan fingerprint density at radius 2 is 1.70 bits per heavy atom. The summed E-state index contributed by atoms with van der Waals surface area (Å²) in [5.74, 6) is 1.15. The third kappa shape index (κ3) is 7.66. The molecule has 8 nitrogen and oxygen atoms in total. The summed E-state index contributed by atoms with van der Waals surface area (Å²) in [5.41, 5.74) is 3.14. The summed E-state index contributed by atoms with van der Waals surface area (Å²) in [6, 6.07) is 22.7. The van der Waals surface area contributed by atoms with Crippen molar-refractivity contribution in [1.82, 2.24) is 9.47 Å². The molecule has 4 rings (SSSR count). The summed E-state index contributed by atoms with van der Waals surface area (Å²) in [6.07, 6.45) is -0.663. The second-order valence-corrected chi connectivity index (χ2v) is 10.4. The molecule has 0 saturated carbocycles. The lowest BCUT2D eigenvalue weighted by Crippen LogP contribution is -2.38. The highest BCUT2D eigenvalue weighted by molar-refractivity contribution is 7.15. The summed E-state index contributed by atoms with van der Waals surface area (Å²) in [5, 5.41) is 0. The first kappa shape index (κ1) is 28.8. The Morgan fingerprint density at radius 3 is 2.40 bits per heavy atom. The fraction of sp³-hybridized carbons (Fsp3) is 0.290. The molecule has 0 unspecified atom stereocenters. The maximum Gasteiger partial charge on any atom is 0.416 e. The van der Waals surface area contributed by atoms with E-state index in [2.05, 4.69) is 42.7 Å². The van der Waals surface area contributed by atoms with Crippen LogP contribution in [0.1, 0.15) is 23.1 Å². The first-order chi connectivity index (χ1) is 19.4. The van der Waals surface area contributed by atoms with E-state index in [9.17, 15) is 9.59 Å². The maximum atomic E-state index is 13.0. The van der Waals surface area contributed by atoms with E-state index in [0.717, 1.165) is 5.56 Å². The number of aromatic nitrogens is 1. The molecule has 0 N–H and O–H groups in total. The Morgan fingerprint density at radius 1 is 0.925 bits per heavy atom. The van der Waals surface area contributed by atoms with Gasteiger partial charge < -0.3 is 23.5 Å². The van der Waals surface area contributed by atoms with Gasteiger partial charge in [-0.3, -0.25) is 9.69 Å². The lowest BCUT2D eigenvalue weighted by atomic mass is 10.2. The van der Waals surface area contributed by atoms with E-state index in [1.54, 1.807) is 49.6 Å². The van der Waals surface area contributed by atoms with E-state index in [-0.39, 0.29) is 19.7 Å². The van der Waals surface area contributed by atoms with Crippen LogP contribution < -0.4 is 14.2 Å². The molecule has 210 valence electrons. The lowest BCUT2D eigenvalue weighted by molar-refractivity contribution is -0.144. The van der Waals surface area contributed by atoms with Crippen LogP contribution in [0, 0.1) is 13.8 Å². The van der Waals surface area contributed by atoms with Crippen molar-refractivity contribution in [3.8, 4) is 27.8 Å². The first-order valence-corrected chi connectivity index (χ1v) is 13.9. The largest absolute Gasteiger partial charge is 0.497 e. The Balaban J connectivity index is 1.41. The number of hydrogen-bond acceptors (Lipinski definition) is 7. The number of carbonyl (C=O) groups is 2. The Bertz CT molecular complexity index is 1430. The quantitative estimate of drug-likeness (QED) is 0.184. The van der Waals surface area contributed by atoms with Gasteiger partial charge in [-0.25, -0.2) is 4.79 Å². The van der Waals surface area contributed by atoms with Crippen molar-refractivity contribution >= 4 is 23.4 Å². The summed E-state index contributed by atoms with van der Waals surface area (Å²) in [4.78, 5) is 29.1. The first-order valence-electron chi connectivity index (χ1n) is 13.1. The van der Waals surface area contributed by atoms with Crippen molar-refractivity contribution in [2.24, 2.45) is 0 Å². The van der Waals surface area contributed by atoms with E-state index in [1.165, 1.54) is 26.0 Å². The van der Waals surface area contributed by atoms with Gasteiger partial charge in [-0.2, -0.15) is 0 Å². The van der Waals surface area contributed by atoms with E-state index in [1.807, 2.05) is 24.3 Å². The zero-order chi connectivity index (χ0) is 28.5. The van der Waals surface area contributed by atoms with Crippen LogP contribution >= 0.6 is 11.3 Å². The van der Waals surface area contributed by atoms with Gasteiger partial charge in [-0.1, -0.05) is 12.1 Å². The highest BCUT2D eigenvalue weighted by Gasteiger charge is 2.21. The summed E-state index contributed by atoms with van der Waals surface area (Å²) in [7, 11) is 1.56. The molecule has 0 aliphatic rings. The number of carbonyl (C=O) groups excluding carboxylic acids is 2. The van der Waals surface area contributed by atoms with Gasteiger partial charge in [-0.05, 0) is 87.0 Å². The van der Waals surface area contributed by atoms with E-state index in [0.29, 0.717) is 30.4 Å². The fourth-order valence-corrected chi connectivity index (χ4v) is 5.12. The second kappa shape index (κ2) is 13.7. The van der Waals surface area contributed by atoms with Crippen molar-refractivity contribution in [3.05, 3.63) is 88.9 Å². The number of aryl methyl sites for hydroxylation is 2. The van der Waals surface area contributed by atoms with Crippen molar-refractivity contribution in [2.75, 3.05) is 26.9 Å². The minimum absolute atomic E-state index is 0.142. The molecule has 0 spiro atoms. The molecule has 4 aromatic rings. The van der Waals surface area contributed by atoms with Gasteiger partial charge >= 0.3 is 12.1 Å². The molecule has 2 heterocycles. The standard InChI is InChI=1S/C31H34N2O6S/c1-5-37-30(34)21-32(31(35)39-26-13-11-25(36-4)12-14-26)20-24-7-6-8-27(19-24)38-18-17-33-22(2)9-15-28(33)29-16-10-23(3)40-29/h6-16,19H,5,17-18,20-21H2,1-4H3. The molecule has 0 radical (unpaired) electrons. The zero-order valence-corrected chi connectivity index (χ0v) is 24.0. The third-order valence-electron chi connectivity index (χ3n) is 6.20. The molecular weight excluding hydrogens is 528 g/mol. The number of benzene rings is 2. The maximum absolute atomic E-state index is 13.0. The minimum atomic E-state index is -0.663. The molecule has 0 fully saturated rings. The number of esters is 1. The Hall–Kier alpha value is -4.24. The van der Waals surface area contributed by atoms with E-state index < -0.39 is 12.1 Å². The molecule has 0 saturated heterocycles. The van der Waals surface area contributed by atoms with E-state index >= 15 is 0 Å². The van der Waals surface area contributed by atoms with Crippen LogP contribution in [-0.4, -0.2) is 48.4 Å². The number of thiophene rings is 1. The summed E-state index contributed by atoms with van der Waals surface area (Å²) >= 11 is 1.77. The van der Waals surface area contributed by atoms with Crippen LogP contribution in [0.4, 0.5) is 4.79 Å². The van der Waals surface area contributed by atoms with Crippen molar-refractivity contribution in [3.63, 3.8) is 0 Å². The minimum Gasteiger partial charge on any atom is -0.497 e. The molecule has 1 amide bonds. The van der Waals surface area contributed by atoms with Crippen molar-refractivity contribution in [1.29, 1.82) is 0 Å². The van der Waals surface area contributed by atoms with Crippen LogP contribution in [0.3, 0.4) is 0 Å². The normalized spacial score (nSPS) is 10.7. The van der Waals surface area contributed by atoms with Crippen LogP contribution in [0.2, 0.25) is 0 Å². The summed E-state index contributed by atoms with van der Waals surface area (Å²) in [6.45, 7) is 7.21. The van der Waals surface area contributed by atoms with Gasteiger partial charge in [0.15, 0.2) is 0 Å². The number of nitrogens with zero attached hydrogens (tertiary/aromatic N) is 2. The average Bonchev–Trinajstić information content (AvgIpc) is 3.54. The Labute approximate surface area is 238 Å². The predicted octanol–water partition coefficient (Wildman–Crippen LogP) is 6.49. The number of amides is 1. The lowest BCUT2D eigenvalue weighted by Gasteiger charge is -2.21. The highest BCUT2D eigenvalue weighted by atomic mass is 32.1. The highest BCUT2D eigenvalue weighted by Crippen LogP contribution is 2.29. The van der Waals surface area contributed by atoms with Crippen LogP contribution in [0.15, 0.2) is 72.8 Å². The molecular formula is C31H34N2O6S. The molecule has 0 aliphatic carbocycles. The van der Waals surface area contributed by atoms with Crippen LogP contribution in [0.25, 0.3) is 10.6 Å². The smallest absolute Gasteiger partial charge is 0.416 e. The van der Waals surface area contributed by atoms with E-state index in [4.69, 9.17) is 18.9 Å². The number of methoxy groups -OCH3 is 1. The third-order valence-corrected chi connectivity index (χ3v) is 7.22. The zero-order valence-electron chi connectivity index (χ0n) is 23.2. The molecule has 9 heteroatoms. The molecule has 2 aromatic carbocycles. The average molecular weight is 563 g/mol. The molecule has 40 heavy (non-hydrogen) atoms. The van der Waals surface area contributed by atoms with Crippen LogP contribution in [0.5, 0.6) is 17.2 Å². The van der Waals surface area contributed by atoms with Gasteiger partial charge in [0.05, 0.1) is 30.8 Å². The SMILES string of the molecule is CCOC(=O)CN(Cc1cccc(OCCn2c(C)ccc2-c2ccc(C)s2)c1)C(=O)Oc1ccc(OC)cc1. The van der Waals surface area contributed by atoms with Gasteiger partial charge in [0, 0.05) is 17.1 Å². The van der Waals surface area contributed by atoms with Gasteiger partial charge in [-0.15, -0.1) is 11.3 Å². The Kier molecular flexibility index (Phi) is 9.86. The van der Waals surface area contributed by atoms with Crippen LogP contribution in [-0.2, 0) is 22.6 Å². The summed E-state index contributed by atoms with van der Waals surface area (Å²) < 4.78 is 24.1. The van der Waals surface area contributed by atoms with Gasteiger partial charge in [0.1, 0.15) is 30.4 Å². The predicted molar refractivity (Wildman–Crippen MR) is 155 cm³/mol. The number of rotatable bonds is 12. The number of hydrogen-bond donors (Lipinski definition) is 0. The van der Waals surface area contributed by atoms with Crippen molar-refractivity contribution in [2.45, 2.75) is 33.9 Å². The monoisotopic (exact) mass is 562 g/mol. The molecule has 0 atom stereocenters. The van der Waals surface area contributed by atoms with Gasteiger partial charge in [0.25, 0.3) is 0 Å².